The van der Waals surface area contributed by atoms with Gasteiger partial charge in [0.1, 0.15) is 0 Å². The number of benzene rings is 2. The third-order valence-electron chi connectivity index (χ3n) is 3.31. The molecule has 23 heavy (non-hydrogen) atoms. The molecule has 2 aromatic carbocycles. The third kappa shape index (κ3) is 5.00. The molecule has 0 saturated heterocycles. The van der Waals surface area contributed by atoms with Crippen LogP contribution in [0.1, 0.15) is 6.92 Å². The number of amides is 2. The zero-order chi connectivity index (χ0) is 16.8. The number of anilines is 3. The molecule has 0 spiro atoms. The normalized spacial score (nSPS) is 10.0. The molecule has 0 bridgehead atoms. The third-order valence-corrected chi connectivity index (χ3v) is 3.56. The Morgan fingerprint density at radius 1 is 1.00 bits per heavy atom. The van der Waals surface area contributed by atoms with Gasteiger partial charge in [-0.05, 0) is 48.5 Å². The van der Waals surface area contributed by atoms with Crippen molar-refractivity contribution in [2.75, 3.05) is 29.1 Å². The van der Waals surface area contributed by atoms with Gasteiger partial charge in [0, 0.05) is 36.1 Å². The average molecular weight is 332 g/mol. The Hall–Kier alpha value is -2.53. The van der Waals surface area contributed by atoms with Gasteiger partial charge in [0.05, 0.1) is 6.54 Å². The molecule has 0 aliphatic rings. The van der Waals surface area contributed by atoms with Crippen molar-refractivity contribution in [1.82, 2.24) is 0 Å². The van der Waals surface area contributed by atoms with E-state index in [0.29, 0.717) is 10.7 Å². The van der Waals surface area contributed by atoms with Crippen LogP contribution >= 0.6 is 11.6 Å². The van der Waals surface area contributed by atoms with E-state index in [2.05, 4.69) is 10.6 Å². The van der Waals surface area contributed by atoms with E-state index < -0.39 is 0 Å². The second kappa shape index (κ2) is 7.65. The van der Waals surface area contributed by atoms with E-state index in [9.17, 15) is 9.59 Å². The van der Waals surface area contributed by atoms with Crippen molar-refractivity contribution in [2.24, 2.45) is 0 Å². The van der Waals surface area contributed by atoms with Crippen molar-refractivity contribution in [3.8, 4) is 0 Å². The Kier molecular flexibility index (Phi) is 5.60. The van der Waals surface area contributed by atoms with E-state index >= 15 is 0 Å². The van der Waals surface area contributed by atoms with Gasteiger partial charge in [-0.15, -0.1) is 0 Å². The molecule has 0 atom stereocenters. The van der Waals surface area contributed by atoms with Crippen LogP contribution in [0.25, 0.3) is 0 Å². The number of rotatable bonds is 5. The van der Waals surface area contributed by atoms with E-state index in [1.54, 1.807) is 36.2 Å². The largest absolute Gasteiger partial charge is 0.376 e. The molecule has 2 N–H and O–H groups in total. The van der Waals surface area contributed by atoms with Crippen LogP contribution in [0.3, 0.4) is 0 Å². The molecular weight excluding hydrogens is 314 g/mol. The number of carbonyl (C=O) groups is 2. The molecule has 0 aliphatic carbocycles. The Morgan fingerprint density at radius 2 is 1.57 bits per heavy atom. The van der Waals surface area contributed by atoms with Crippen LogP contribution in [0.2, 0.25) is 5.02 Å². The molecule has 0 fully saturated rings. The summed E-state index contributed by atoms with van der Waals surface area (Å²) in [6.07, 6.45) is 0. The summed E-state index contributed by atoms with van der Waals surface area (Å²) in [6.45, 7) is 1.65. The fraction of sp³-hybridized carbons (Fsp3) is 0.176. The molecule has 2 rings (SSSR count). The lowest BCUT2D eigenvalue weighted by atomic mass is 10.2. The second-order valence-corrected chi connectivity index (χ2v) is 5.47. The van der Waals surface area contributed by atoms with Crippen molar-refractivity contribution in [1.29, 1.82) is 0 Å². The van der Waals surface area contributed by atoms with Gasteiger partial charge < -0.3 is 15.5 Å². The SMILES string of the molecule is CC(=O)N(C)c1ccc(NCC(=O)Nc2ccc(Cl)cc2)cc1. The lowest BCUT2D eigenvalue weighted by molar-refractivity contribution is -0.116. The van der Waals surface area contributed by atoms with Crippen LogP contribution in [0.4, 0.5) is 17.1 Å². The second-order valence-electron chi connectivity index (χ2n) is 5.03. The minimum atomic E-state index is -0.155. The molecule has 0 radical (unpaired) electrons. The Morgan fingerprint density at radius 3 is 2.13 bits per heavy atom. The lowest BCUT2D eigenvalue weighted by Crippen LogP contribution is -2.23. The number of carbonyl (C=O) groups excluding carboxylic acids is 2. The van der Waals surface area contributed by atoms with E-state index in [1.165, 1.54) is 6.92 Å². The maximum absolute atomic E-state index is 11.9. The summed E-state index contributed by atoms with van der Waals surface area (Å²) in [5, 5.41) is 6.42. The zero-order valence-corrected chi connectivity index (χ0v) is 13.7. The van der Waals surface area contributed by atoms with Crippen LogP contribution in [0.5, 0.6) is 0 Å². The summed E-state index contributed by atoms with van der Waals surface area (Å²) >= 11 is 5.79. The predicted octanol–water partition coefficient (Wildman–Crippen LogP) is 3.37. The summed E-state index contributed by atoms with van der Waals surface area (Å²) in [5.74, 6) is -0.190. The predicted molar refractivity (Wildman–Crippen MR) is 94.1 cm³/mol. The van der Waals surface area contributed by atoms with Crippen LogP contribution in [0.15, 0.2) is 48.5 Å². The van der Waals surface area contributed by atoms with Crippen molar-refractivity contribution in [3.05, 3.63) is 53.6 Å². The fourth-order valence-corrected chi connectivity index (χ4v) is 2.03. The molecule has 2 amide bonds. The molecule has 120 valence electrons. The smallest absolute Gasteiger partial charge is 0.243 e. The van der Waals surface area contributed by atoms with Gasteiger partial charge in [0.25, 0.3) is 0 Å². The monoisotopic (exact) mass is 331 g/mol. The maximum atomic E-state index is 11.9. The number of nitrogens with zero attached hydrogens (tertiary/aromatic N) is 1. The van der Waals surface area contributed by atoms with Gasteiger partial charge in [-0.1, -0.05) is 11.6 Å². The summed E-state index contributed by atoms with van der Waals surface area (Å²) in [5.41, 5.74) is 2.30. The summed E-state index contributed by atoms with van der Waals surface area (Å²) in [7, 11) is 1.71. The Bertz CT molecular complexity index is 684. The number of hydrogen-bond donors (Lipinski definition) is 2. The van der Waals surface area contributed by atoms with Crippen LogP contribution < -0.4 is 15.5 Å². The summed E-state index contributed by atoms with van der Waals surface area (Å²) < 4.78 is 0. The van der Waals surface area contributed by atoms with E-state index in [1.807, 2.05) is 24.3 Å². The van der Waals surface area contributed by atoms with Crippen molar-refractivity contribution in [3.63, 3.8) is 0 Å². The molecule has 5 nitrogen and oxygen atoms in total. The first-order chi connectivity index (χ1) is 11.0. The first-order valence-electron chi connectivity index (χ1n) is 7.09. The molecule has 0 unspecified atom stereocenters. The maximum Gasteiger partial charge on any atom is 0.243 e. The molecule has 0 aliphatic heterocycles. The van der Waals surface area contributed by atoms with E-state index in [0.717, 1.165) is 11.4 Å². The summed E-state index contributed by atoms with van der Waals surface area (Å²) in [4.78, 5) is 24.7. The van der Waals surface area contributed by atoms with Gasteiger partial charge >= 0.3 is 0 Å². The van der Waals surface area contributed by atoms with Crippen LogP contribution in [-0.2, 0) is 9.59 Å². The Balaban J connectivity index is 1.86. The first-order valence-corrected chi connectivity index (χ1v) is 7.47. The minimum Gasteiger partial charge on any atom is -0.376 e. The van der Waals surface area contributed by atoms with Crippen molar-refractivity contribution < 1.29 is 9.59 Å². The molecule has 0 heterocycles. The number of halogens is 1. The van der Waals surface area contributed by atoms with Gasteiger partial charge in [-0.2, -0.15) is 0 Å². The quantitative estimate of drug-likeness (QED) is 0.883. The van der Waals surface area contributed by atoms with Crippen molar-refractivity contribution >= 4 is 40.5 Å². The van der Waals surface area contributed by atoms with Gasteiger partial charge in [0.2, 0.25) is 11.8 Å². The topological polar surface area (TPSA) is 61.4 Å². The van der Waals surface area contributed by atoms with Crippen molar-refractivity contribution in [2.45, 2.75) is 6.92 Å². The molecule has 0 aromatic heterocycles. The fourth-order valence-electron chi connectivity index (χ4n) is 1.91. The molecule has 2 aromatic rings. The zero-order valence-electron chi connectivity index (χ0n) is 13.0. The lowest BCUT2D eigenvalue weighted by Gasteiger charge is -2.15. The minimum absolute atomic E-state index is 0.0342. The highest BCUT2D eigenvalue weighted by Crippen LogP contribution is 2.17. The standard InChI is InChI=1S/C17H18ClN3O2/c1-12(22)21(2)16-9-7-14(8-10-16)19-11-17(23)20-15-5-3-13(18)4-6-15/h3-10,19H,11H2,1-2H3,(H,20,23). The average Bonchev–Trinajstić information content (AvgIpc) is 2.55. The first kappa shape index (κ1) is 16.8. The van der Waals surface area contributed by atoms with Gasteiger partial charge in [-0.25, -0.2) is 0 Å². The Labute approximate surface area is 140 Å². The highest BCUT2D eigenvalue weighted by atomic mass is 35.5. The number of hydrogen-bond acceptors (Lipinski definition) is 3. The number of nitrogens with one attached hydrogen (secondary N) is 2. The van der Waals surface area contributed by atoms with Gasteiger partial charge in [0.15, 0.2) is 0 Å². The highest BCUT2D eigenvalue weighted by Gasteiger charge is 2.06. The van der Waals surface area contributed by atoms with E-state index in [4.69, 9.17) is 11.6 Å². The molecule has 6 heteroatoms. The molecular formula is C17H18ClN3O2. The van der Waals surface area contributed by atoms with Crippen LogP contribution in [-0.4, -0.2) is 25.4 Å². The highest BCUT2D eigenvalue weighted by molar-refractivity contribution is 6.30. The summed E-state index contributed by atoms with van der Waals surface area (Å²) in [6, 6.07) is 14.2. The van der Waals surface area contributed by atoms with Crippen LogP contribution in [0, 0.1) is 0 Å². The molecule has 0 saturated carbocycles. The van der Waals surface area contributed by atoms with Gasteiger partial charge in [-0.3, -0.25) is 9.59 Å². The van der Waals surface area contributed by atoms with E-state index in [-0.39, 0.29) is 18.4 Å².